The van der Waals surface area contributed by atoms with Gasteiger partial charge in [0.2, 0.25) is 5.91 Å². The van der Waals surface area contributed by atoms with Gasteiger partial charge in [-0.15, -0.1) is 0 Å². The Kier molecular flexibility index (Phi) is 5.62. The number of likely N-dealkylation sites (N-methyl/N-ethyl adjacent to an activating group) is 1. The highest BCUT2D eigenvalue weighted by Gasteiger charge is 2.47. The number of pyridine rings is 1. The number of rotatable bonds is 7. The van der Waals surface area contributed by atoms with Gasteiger partial charge in [-0.25, -0.2) is 4.98 Å². The van der Waals surface area contributed by atoms with Crippen molar-refractivity contribution in [2.45, 2.75) is 38.6 Å². The molecule has 0 aliphatic heterocycles. The van der Waals surface area contributed by atoms with Gasteiger partial charge in [-0.1, -0.05) is 29.4 Å². The Morgan fingerprint density at radius 2 is 1.91 bits per heavy atom. The van der Waals surface area contributed by atoms with Crippen molar-refractivity contribution < 1.29 is 9.32 Å². The fourth-order valence-electron chi connectivity index (χ4n) is 4.35. The molecule has 1 aromatic carbocycles. The summed E-state index contributed by atoms with van der Waals surface area (Å²) < 4.78 is 7.23. The Morgan fingerprint density at radius 3 is 2.57 bits per heavy atom. The van der Waals surface area contributed by atoms with Gasteiger partial charge in [-0.3, -0.25) is 9.48 Å². The van der Waals surface area contributed by atoms with Gasteiger partial charge in [0.05, 0.1) is 17.2 Å². The summed E-state index contributed by atoms with van der Waals surface area (Å²) in [6, 6.07) is 10.5. The van der Waals surface area contributed by atoms with Crippen LogP contribution in [0.2, 0.25) is 0 Å². The third-order valence-corrected chi connectivity index (χ3v) is 6.90. The second-order valence-electron chi connectivity index (χ2n) is 9.62. The molecule has 0 saturated heterocycles. The van der Waals surface area contributed by atoms with Crippen LogP contribution < -0.4 is 5.73 Å². The number of nitrogen functional groups attached to an aromatic ring is 1. The summed E-state index contributed by atoms with van der Waals surface area (Å²) in [5, 5.41) is 8.65. The van der Waals surface area contributed by atoms with Crippen molar-refractivity contribution in [3.63, 3.8) is 0 Å². The zero-order valence-corrected chi connectivity index (χ0v) is 20.4. The summed E-state index contributed by atoms with van der Waals surface area (Å²) in [6.07, 6.45) is 7.44. The molecule has 9 nitrogen and oxygen atoms in total. The van der Waals surface area contributed by atoms with E-state index in [1.54, 1.807) is 37.4 Å². The maximum absolute atomic E-state index is 12.0. The predicted molar refractivity (Wildman–Crippen MR) is 132 cm³/mol. The number of hydrogen-bond donors (Lipinski definition) is 1. The number of carbonyl (C=O) groups is 1. The van der Waals surface area contributed by atoms with Gasteiger partial charge in [0, 0.05) is 32.1 Å². The van der Waals surface area contributed by atoms with Crippen molar-refractivity contribution in [2.24, 2.45) is 5.92 Å². The minimum atomic E-state index is -0.369. The highest BCUT2D eigenvalue weighted by Crippen LogP contribution is 2.50. The van der Waals surface area contributed by atoms with Crippen molar-refractivity contribution >= 4 is 11.7 Å². The number of anilines is 1. The van der Waals surface area contributed by atoms with Crippen LogP contribution in [-0.2, 0) is 16.8 Å². The second-order valence-corrected chi connectivity index (χ2v) is 9.62. The number of benzene rings is 1. The van der Waals surface area contributed by atoms with Crippen molar-refractivity contribution in [1.82, 2.24) is 29.8 Å². The molecule has 2 N–H and O–H groups in total. The van der Waals surface area contributed by atoms with E-state index in [2.05, 4.69) is 52.5 Å². The summed E-state index contributed by atoms with van der Waals surface area (Å²) >= 11 is 0. The van der Waals surface area contributed by atoms with Crippen LogP contribution >= 0.6 is 0 Å². The molecule has 4 aromatic rings. The molecule has 1 aliphatic rings. The van der Waals surface area contributed by atoms with E-state index in [1.165, 1.54) is 4.90 Å². The average Bonchev–Trinajstić information content (AvgIpc) is 3.41. The summed E-state index contributed by atoms with van der Waals surface area (Å²) in [4.78, 5) is 22.6. The zero-order valence-electron chi connectivity index (χ0n) is 20.4. The SMILES string of the molecule is Cc1cc(-c2ccc([C@](C)(c3noc(-c4cnn(CC(=O)N(C)C)c4)n3)C3CC3)cc2)cnc1N. The number of nitrogens with zero attached hydrogens (tertiary/aromatic N) is 6. The van der Waals surface area contributed by atoms with Crippen LogP contribution in [0.4, 0.5) is 5.82 Å². The first kappa shape index (κ1) is 22.8. The van der Waals surface area contributed by atoms with Crippen LogP contribution in [0.1, 0.15) is 36.7 Å². The van der Waals surface area contributed by atoms with E-state index in [0.717, 1.165) is 35.1 Å². The molecule has 1 saturated carbocycles. The first-order valence-corrected chi connectivity index (χ1v) is 11.7. The maximum Gasteiger partial charge on any atom is 0.261 e. The van der Waals surface area contributed by atoms with Crippen molar-refractivity contribution in [2.75, 3.05) is 19.8 Å². The van der Waals surface area contributed by atoms with E-state index in [0.29, 0.717) is 29.0 Å². The van der Waals surface area contributed by atoms with Crippen LogP contribution in [0.5, 0.6) is 0 Å². The maximum atomic E-state index is 12.0. The summed E-state index contributed by atoms with van der Waals surface area (Å²) in [5.74, 6) is 2.01. The Bertz CT molecular complexity index is 1370. The number of aromatic nitrogens is 5. The van der Waals surface area contributed by atoms with E-state index in [4.69, 9.17) is 15.2 Å². The van der Waals surface area contributed by atoms with Crippen molar-refractivity contribution in [3.8, 4) is 22.6 Å². The summed E-state index contributed by atoms with van der Waals surface area (Å²) in [5.41, 5.74) is 10.4. The van der Waals surface area contributed by atoms with Gasteiger partial charge in [-0.2, -0.15) is 10.1 Å². The molecular weight excluding hydrogens is 442 g/mol. The summed E-state index contributed by atoms with van der Waals surface area (Å²) in [6.45, 7) is 4.30. The van der Waals surface area contributed by atoms with Gasteiger partial charge in [0.25, 0.3) is 5.89 Å². The molecule has 1 fully saturated rings. The van der Waals surface area contributed by atoms with E-state index >= 15 is 0 Å². The topological polar surface area (TPSA) is 116 Å². The quantitative estimate of drug-likeness (QED) is 0.437. The van der Waals surface area contributed by atoms with Crippen LogP contribution in [0.15, 0.2) is 53.4 Å². The van der Waals surface area contributed by atoms with Crippen molar-refractivity contribution in [3.05, 3.63) is 65.9 Å². The third kappa shape index (κ3) is 4.29. The highest BCUT2D eigenvalue weighted by atomic mass is 16.5. The molecule has 0 unspecified atom stereocenters. The van der Waals surface area contributed by atoms with E-state index in [9.17, 15) is 4.79 Å². The first-order chi connectivity index (χ1) is 16.8. The Labute approximate surface area is 204 Å². The normalized spacial score (nSPS) is 15.1. The van der Waals surface area contributed by atoms with Crippen LogP contribution in [0.3, 0.4) is 0 Å². The van der Waals surface area contributed by atoms with E-state index < -0.39 is 0 Å². The lowest BCUT2D eigenvalue weighted by Crippen LogP contribution is -2.28. The fourth-order valence-corrected chi connectivity index (χ4v) is 4.35. The molecule has 5 rings (SSSR count). The molecule has 0 spiro atoms. The van der Waals surface area contributed by atoms with Crippen molar-refractivity contribution in [1.29, 1.82) is 0 Å². The minimum Gasteiger partial charge on any atom is -0.383 e. The highest BCUT2D eigenvalue weighted by molar-refractivity contribution is 5.75. The molecule has 9 heteroatoms. The lowest BCUT2D eigenvalue weighted by atomic mass is 9.76. The minimum absolute atomic E-state index is 0.0412. The van der Waals surface area contributed by atoms with Gasteiger partial charge in [-0.05, 0) is 55.4 Å². The molecule has 3 aromatic heterocycles. The Hall–Kier alpha value is -4.01. The number of hydrogen-bond acceptors (Lipinski definition) is 7. The molecule has 0 radical (unpaired) electrons. The third-order valence-electron chi connectivity index (χ3n) is 6.90. The monoisotopic (exact) mass is 471 g/mol. The van der Waals surface area contributed by atoms with E-state index in [1.807, 2.05) is 6.92 Å². The molecule has 0 bridgehead atoms. The average molecular weight is 472 g/mol. The second kappa shape index (κ2) is 8.65. The van der Waals surface area contributed by atoms with Gasteiger partial charge >= 0.3 is 0 Å². The van der Waals surface area contributed by atoms with Gasteiger partial charge in [0.15, 0.2) is 5.82 Å². The molecule has 1 amide bonds. The molecule has 180 valence electrons. The lowest BCUT2D eigenvalue weighted by Gasteiger charge is -2.27. The first-order valence-electron chi connectivity index (χ1n) is 11.7. The van der Waals surface area contributed by atoms with E-state index in [-0.39, 0.29) is 17.9 Å². The molecule has 1 aliphatic carbocycles. The van der Waals surface area contributed by atoms with Crippen LogP contribution in [-0.4, -0.2) is 49.8 Å². The Balaban J connectivity index is 1.42. The van der Waals surface area contributed by atoms with Crippen LogP contribution in [0.25, 0.3) is 22.6 Å². The molecular formula is C26H29N7O2. The molecule has 3 heterocycles. The summed E-state index contributed by atoms with van der Waals surface area (Å²) in [7, 11) is 3.44. The molecule has 35 heavy (non-hydrogen) atoms. The van der Waals surface area contributed by atoms with Crippen LogP contribution in [0, 0.1) is 12.8 Å². The standard InChI is InChI=1S/C26H29N7O2/c1-16-11-18(12-28-23(16)27)17-5-7-20(8-6-17)26(2,21-9-10-21)25-30-24(35-31-25)19-13-29-33(14-19)15-22(34)32(3)4/h5-8,11-14,21H,9-10,15H2,1-4H3,(H2,27,28)/t26-/m0/s1. The van der Waals surface area contributed by atoms with Gasteiger partial charge in [0.1, 0.15) is 12.4 Å². The number of amides is 1. The smallest absolute Gasteiger partial charge is 0.261 e. The zero-order chi connectivity index (χ0) is 24.7. The van der Waals surface area contributed by atoms with Gasteiger partial charge < -0.3 is 15.2 Å². The largest absolute Gasteiger partial charge is 0.383 e. The fraction of sp³-hybridized carbons (Fsp3) is 0.346. The Morgan fingerprint density at radius 1 is 1.17 bits per heavy atom. The predicted octanol–water partition coefficient (Wildman–Crippen LogP) is 3.69. The number of aryl methyl sites for hydroxylation is 1. The molecule has 1 atom stereocenters. The lowest BCUT2D eigenvalue weighted by molar-refractivity contribution is -0.129. The number of carbonyl (C=O) groups excluding carboxylic acids is 1. The number of nitrogens with two attached hydrogens (primary N) is 1.